The maximum absolute atomic E-state index is 5.75. The highest BCUT2D eigenvalue weighted by atomic mass is 16.5. The van der Waals surface area contributed by atoms with Gasteiger partial charge in [-0.25, -0.2) is 0 Å². The van der Waals surface area contributed by atoms with Crippen LogP contribution in [-0.2, 0) is 0 Å². The molecular weight excluding hydrogens is 236 g/mol. The van der Waals surface area contributed by atoms with Crippen LogP contribution >= 0.6 is 0 Å². The normalized spacial score (nSPS) is 10.2. The molecule has 0 amide bonds. The van der Waals surface area contributed by atoms with Gasteiger partial charge in [0.15, 0.2) is 0 Å². The molecule has 2 aromatic rings. The maximum Gasteiger partial charge on any atom is 0.122 e. The molecule has 19 heavy (non-hydrogen) atoms. The number of hydrogen-bond acceptors (Lipinski definition) is 2. The number of hydrogen-bond donors (Lipinski definition) is 0. The third kappa shape index (κ3) is 4.32. The van der Waals surface area contributed by atoms with Crippen molar-refractivity contribution >= 4 is 0 Å². The number of ether oxygens (including phenoxy) is 2. The van der Waals surface area contributed by atoms with E-state index in [0.29, 0.717) is 13.2 Å². The molecule has 2 nitrogen and oxygen atoms in total. The number of aryl methyl sites for hydroxylation is 2. The molecule has 0 aliphatic carbocycles. The third-order valence-corrected chi connectivity index (χ3v) is 2.89. The smallest absolute Gasteiger partial charge is 0.122 e. The molecule has 0 bridgehead atoms. The van der Waals surface area contributed by atoms with Crippen LogP contribution in [0.4, 0.5) is 0 Å². The molecule has 100 valence electrons. The van der Waals surface area contributed by atoms with Gasteiger partial charge in [-0.1, -0.05) is 35.9 Å². The highest BCUT2D eigenvalue weighted by Gasteiger charge is 1.99. The minimum absolute atomic E-state index is 0.676. The first kappa shape index (κ1) is 13.5. The summed E-state index contributed by atoms with van der Waals surface area (Å²) in [6, 6.07) is 16.1. The molecule has 0 fully saturated rings. The van der Waals surface area contributed by atoms with Gasteiger partial charge in [0.2, 0.25) is 0 Å². The fraction of sp³-hybridized carbons (Fsp3) is 0.294. The van der Waals surface area contributed by atoms with Crippen LogP contribution < -0.4 is 9.47 Å². The fourth-order valence-electron chi connectivity index (χ4n) is 1.91. The van der Waals surface area contributed by atoms with Gasteiger partial charge in [0.05, 0.1) is 13.2 Å². The summed E-state index contributed by atoms with van der Waals surface area (Å²) in [5.41, 5.74) is 2.45. The minimum atomic E-state index is 0.676. The minimum Gasteiger partial charge on any atom is -0.493 e. The van der Waals surface area contributed by atoms with Crippen molar-refractivity contribution in [1.82, 2.24) is 0 Å². The molecule has 0 radical (unpaired) electrons. The summed E-state index contributed by atoms with van der Waals surface area (Å²) in [5, 5.41) is 0. The van der Waals surface area contributed by atoms with Crippen molar-refractivity contribution in [1.29, 1.82) is 0 Å². The lowest BCUT2D eigenvalue weighted by Gasteiger charge is -2.10. The molecule has 2 heteroatoms. The fourth-order valence-corrected chi connectivity index (χ4v) is 1.91. The van der Waals surface area contributed by atoms with Gasteiger partial charge in [-0.2, -0.15) is 0 Å². The molecular formula is C17H20O2. The Labute approximate surface area is 115 Å². The summed E-state index contributed by atoms with van der Waals surface area (Å²) in [5.74, 6) is 1.87. The van der Waals surface area contributed by atoms with Gasteiger partial charge in [0.1, 0.15) is 11.5 Å². The molecule has 0 unspecified atom stereocenters. The van der Waals surface area contributed by atoms with E-state index in [9.17, 15) is 0 Å². The molecule has 0 heterocycles. The van der Waals surface area contributed by atoms with Crippen molar-refractivity contribution in [2.24, 2.45) is 0 Å². The van der Waals surface area contributed by atoms with Gasteiger partial charge in [-0.15, -0.1) is 0 Å². The van der Waals surface area contributed by atoms with Crippen LogP contribution in [-0.4, -0.2) is 13.2 Å². The van der Waals surface area contributed by atoms with E-state index in [2.05, 4.69) is 26.0 Å². The second kappa shape index (κ2) is 6.83. The number of benzene rings is 2. The van der Waals surface area contributed by atoms with Gasteiger partial charge >= 0.3 is 0 Å². The molecule has 0 saturated carbocycles. The summed E-state index contributed by atoms with van der Waals surface area (Å²) in [6.07, 6.45) is 0.877. The van der Waals surface area contributed by atoms with Crippen LogP contribution in [0.1, 0.15) is 17.5 Å². The van der Waals surface area contributed by atoms with Crippen molar-refractivity contribution in [2.75, 3.05) is 13.2 Å². The lowest BCUT2D eigenvalue weighted by Crippen LogP contribution is -2.05. The van der Waals surface area contributed by atoms with Crippen LogP contribution in [0.3, 0.4) is 0 Å². The largest absolute Gasteiger partial charge is 0.493 e. The van der Waals surface area contributed by atoms with Crippen LogP contribution in [0.2, 0.25) is 0 Å². The van der Waals surface area contributed by atoms with Crippen LogP contribution in [0.15, 0.2) is 48.5 Å². The first-order valence-electron chi connectivity index (χ1n) is 6.63. The standard InChI is InChI=1S/C17H20O2/c1-14-9-10-17(15(2)13-14)19-12-6-11-18-16-7-4-3-5-8-16/h3-5,7-10,13H,6,11-12H2,1-2H3. The van der Waals surface area contributed by atoms with Crippen LogP contribution in [0, 0.1) is 13.8 Å². The van der Waals surface area contributed by atoms with Crippen LogP contribution in [0.25, 0.3) is 0 Å². The lowest BCUT2D eigenvalue weighted by atomic mass is 10.1. The highest BCUT2D eigenvalue weighted by Crippen LogP contribution is 2.18. The predicted molar refractivity (Wildman–Crippen MR) is 78.0 cm³/mol. The van der Waals surface area contributed by atoms with E-state index in [1.54, 1.807) is 0 Å². The quantitative estimate of drug-likeness (QED) is 0.723. The number of para-hydroxylation sites is 1. The molecule has 0 N–H and O–H groups in total. The van der Waals surface area contributed by atoms with Gasteiger partial charge < -0.3 is 9.47 Å². The molecule has 0 spiro atoms. The van der Waals surface area contributed by atoms with E-state index in [4.69, 9.17) is 9.47 Å². The van der Waals surface area contributed by atoms with E-state index in [1.165, 1.54) is 11.1 Å². The van der Waals surface area contributed by atoms with Crippen molar-refractivity contribution in [3.05, 3.63) is 59.7 Å². The zero-order chi connectivity index (χ0) is 13.5. The third-order valence-electron chi connectivity index (χ3n) is 2.89. The van der Waals surface area contributed by atoms with Gasteiger partial charge in [0.25, 0.3) is 0 Å². The Hall–Kier alpha value is -1.96. The molecule has 0 aliphatic heterocycles. The van der Waals surface area contributed by atoms with Gasteiger partial charge in [-0.05, 0) is 37.6 Å². The van der Waals surface area contributed by atoms with Crippen LogP contribution in [0.5, 0.6) is 11.5 Å². The molecule has 0 aromatic heterocycles. The van der Waals surface area contributed by atoms with Gasteiger partial charge in [-0.3, -0.25) is 0 Å². The molecule has 2 rings (SSSR count). The highest BCUT2D eigenvalue weighted by molar-refractivity contribution is 5.35. The summed E-state index contributed by atoms with van der Waals surface area (Å²) >= 11 is 0. The Bertz CT molecular complexity index is 506. The van der Waals surface area contributed by atoms with E-state index in [0.717, 1.165) is 17.9 Å². The first-order valence-corrected chi connectivity index (χ1v) is 6.63. The lowest BCUT2D eigenvalue weighted by molar-refractivity contribution is 0.246. The molecule has 0 atom stereocenters. The van der Waals surface area contributed by atoms with Gasteiger partial charge in [0, 0.05) is 6.42 Å². The average molecular weight is 256 g/mol. The summed E-state index contributed by atoms with van der Waals surface area (Å²) < 4.78 is 11.4. The Morgan fingerprint density at radius 3 is 2.32 bits per heavy atom. The Kier molecular flexibility index (Phi) is 4.85. The van der Waals surface area contributed by atoms with E-state index >= 15 is 0 Å². The first-order chi connectivity index (χ1) is 9.25. The van der Waals surface area contributed by atoms with Crippen molar-refractivity contribution in [3.8, 4) is 11.5 Å². The summed E-state index contributed by atoms with van der Waals surface area (Å²) in [6.45, 7) is 5.51. The Morgan fingerprint density at radius 2 is 1.58 bits per heavy atom. The topological polar surface area (TPSA) is 18.5 Å². The average Bonchev–Trinajstić information content (AvgIpc) is 2.42. The van der Waals surface area contributed by atoms with E-state index in [-0.39, 0.29) is 0 Å². The maximum atomic E-state index is 5.75. The van der Waals surface area contributed by atoms with Crippen molar-refractivity contribution in [3.63, 3.8) is 0 Å². The second-order valence-corrected chi connectivity index (χ2v) is 4.63. The Morgan fingerprint density at radius 1 is 0.842 bits per heavy atom. The second-order valence-electron chi connectivity index (χ2n) is 4.63. The van der Waals surface area contributed by atoms with E-state index in [1.807, 2.05) is 36.4 Å². The van der Waals surface area contributed by atoms with Crippen molar-refractivity contribution < 1.29 is 9.47 Å². The summed E-state index contributed by atoms with van der Waals surface area (Å²) in [7, 11) is 0. The zero-order valence-corrected chi connectivity index (χ0v) is 11.6. The predicted octanol–water partition coefficient (Wildman–Crippen LogP) is 4.15. The SMILES string of the molecule is Cc1ccc(OCCCOc2ccccc2)c(C)c1. The number of rotatable bonds is 6. The van der Waals surface area contributed by atoms with Crippen molar-refractivity contribution in [2.45, 2.75) is 20.3 Å². The van der Waals surface area contributed by atoms with E-state index < -0.39 is 0 Å². The zero-order valence-electron chi connectivity index (χ0n) is 11.6. The molecule has 0 aliphatic rings. The molecule has 2 aromatic carbocycles. The molecule has 0 saturated heterocycles. The Balaban J connectivity index is 1.69. The monoisotopic (exact) mass is 256 g/mol. The summed E-state index contributed by atoms with van der Waals surface area (Å²) in [4.78, 5) is 0.